The molecule has 1 fully saturated rings. The van der Waals surface area contributed by atoms with E-state index in [9.17, 15) is 0 Å². The molecule has 0 aromatic heterocycles. The van der Waals surface area contributed by atoms with Crippen molar-refractivity contribution in [2.75, 3.05) is 13.2 Å². The zero-order valence-electron chi connectivity index (χ0n) is 11.0. The van der Waals surface area contributed by atoms with Crippen molar-refractivity contribution in [3.05, 3.63) is 0 Å². The third-order valence-corrected chi connectivity index (χ3v) is 3.30. The molecule has 0 bridgehead atoms. The van der Waals surface area contributed by atoms with Crippen LogP contribution >= 0.6 is 0 Å². The van der Waals surface area contributed by atoms with Crippen LogP contribution in [-0.2, 0) is 9.47 Å². The predicted octanol–water partition coefficient (Wildman–Crippen LogP) is 3.93. The lowest BCUT2D eigenvalue weighted by molar-refractivity contribution is -0.0930. The first-order valence-electron chi connectivity index (χ1n) is 7.11. The topological polar surface area (TPSA) is 18.5 Å². The number of rotatable bonds is 8. The Morgan fingerprint density at radius 3 is 1.62 bits per heavy atom. The van der Waals surface area contributed by atoms with Crippen LogP contribution in [0.1, 0.15) is 65.2 Å². The van der Waals surface area contributed by atoms with E-state index in [4.69, 9.17) is 9.47 Å². The van der Waals surface area contributed by atoms with Gasteiger partial charge in [0.25, 0.3) is 0 Å². The fourth-order valence-corrected chi connectivity index (χ4v) is 2.20. The Kier molecular flexibility index (Phi) is 7.87. The minimum Gasteiger partial charge on any atom is -0.376 e. The van der Waals surface area contributed by atoms with Crippen molar-refractivity contribution in [3.8, 4) is 0 Å². The van der Waals surface area contributed by atoms with Gasteiger partial charge in [0.1, 0.15) is 0 Å². The van der Waals surface area contributed by atoms with Crippen LogP contribution < -0.4 is 0 Å². The molecule has 0 aromatic rings. The maximum atomic E-state index is 5.94. The molecular formula is C14H28O2. The molecule has 2 atom stereocenters. The molecule has 0 aromatic carbocycles. The molecule has 0 N–H and O–H groups in total. The lowest BCUT2D eigenvalue weighted by Crippen LogP contribution is -2.35. The second-order valence-corrected chi connectivity index (χ2v) is 4.81. The van der Waals surface area contributed by atoms with Crippen LogP contribution in [0, 0.1) is 0 Å². The maximum absolute atomic E-state index is 5.94. The van der Waals surface area contributed by atoms with Gasteiger partial charge in [0, 0.05) is 13.2 Å². The Balaban J connectivity index is 2.20. The van der Waals surface area contributed by atoms with Gasteiger partial charge in [-0.25, -0.2) is 0 Å². The monoisotopic (exact) mass is 228 g/mol. The Morgan fingerprint density at radius 2 is 1.25 bits per heavy atom. The van der Waals surface area contributed by atoms with Gasteiger partial charge in [0.15, 0.2) is 0 Å². The van der Waals surface area contributed by atoms with Crippen molar-refractivity contribution in [2.24, 2.45) is 0 Å². The van der Waals surface area contributed by atoms with Crippen LogP contribution in [0.2, 0.25) is 0 Å². The summed E-state index contributed by atoms with van der Waals surface area (Å²) in [5.74, 6) is 0. The Morgan fingerprint density at radius 1 is 0.812 bits per heavy atom. The molecule has 1 saturated carbocycles. The highest BCUT2D eigenvalue weighted by molar-refractivity contribution is 4.76. The van der Waals surface area contributed by atoms with Crippen LogP contribution in [0.25, 0.3) is 0 Å². The fourth-order valence-electron chi connectivity index (χ4n) is 2.20. The van der Waals surface area contributed by atoms with Gasteiger partial charge in [0.2, 0.25) is 0 Å². The third kappa shape index (κ3) is 5.31. The van der Waals surface area contributed by atoms with Gasteiger partial charge in [0.05, 0.1) is 12.2 Å². The highest BCUT2D eigenvalue weighted by atomic mass is 16.5. The van der Waals surface area contributed by atoms with Crippen molar-refractivity contribution in [2.45, 2.75) is 77.4 Å². The van der Waals surface area contributed by atoms with Gasteiger partial charge < -0.3 is 9.47 Å². The number of ether oxygens (including phenoxy) is 2. The molecule has 0 heterocycles. The first-order chi connectivity index (χ1) is 7.88. The Labute approximate surface area is 101 Å². The average Bonchev–Trinajstić information content (AvgIpc) is 2.32. The maximum Gasteiger partial charge on any atom is 0.0836 e. The van der Waals surface area contributed by atoms with E-state index in [1.165, 1.54) is 51.4 Å². The van der Waals surface area contributed by atoms with E-state index in [-0.39, 0.29) is 0 Å². The minimum atomic E-state index is 0.372. The minimum absolute atomic E-state index is 0.372. The summed E-state index contributed by atoms with van der Waals surface area (Å²) in [6.45, 7) is 6.24. The molecule has 0 radical (unpaired) electrons. The highest BCUT2D eigenvalue weighted by Gasteiger charge is 2.25. The molecule has 2 nitrogen and oxygen atoms in total. The second kappa shape index (κ2) is 9.00. The number of hydrogen-bond donors (Lipinski definition) is 0. The van der Waals surface area contributed by atoms with Gasteiger partial charge in [-0.2, -0.15) is 0 Å². The molecule has 1 rings (SSSR count). The lowest BCUT2D eigenvalue weighted by Gasteiger charge is -2.31. The standard InChI is InChI=1S/C14H28O2/c1-3-5-11-15-13-9-7-8-10-14(13)16-12-6-4-2/h13-14H,3-12H2,1-2H3/t13-,14-/m1/s1. The van der Waals surface area contributed by atoms with E-state index in [1.807, 2.05) is 0 Å². The van der Waals surface area contributed by atoms with Crippen molar-refractivity contribution >= 4 is 0 Å². The normalized spacial score (nSPS) is 25.9. The first kappa shape index (κ1) is 14.0. The zero-order valence-corrected chi connectivity index (χ0v) is 11.0. The van der Waals surface area contributed by atoms with Gasteiger partial charge >= 0.3 is 0 Å². The Bertz CT molecular complexity index is 141. The van der Waals surface area contributed by atoms with Gasteiger partial charge in [-0.05, 0) is 25.7 Å². The van der Waals surface area contributed by atoms with Crippen LogP contribution in [0.3, 0.4) is 0 Å². The van der Waals surface area contributed by atoms with E-state index in [0.717, 1.165) is 13.2 Å². The van der Waals surface area contributed by atoms with E-state index in [0.29, 0.717) is 12.2 Å². The summed E-state index contributed by atoms with van der Waals surface area (Å²) in [6, 6.07) is 0. The third-order valence-electron chi connectivity index (χ3n) is 3.30. The van der Waals surface area contributed by atoms with E-state index in [2.05, 4.69) is 13.8 Å². The number of hydrogen-bond acceptors (Lipinski definition) is 2. The molecule has 0 aliphatic heterocycles. The smallest absolute Gasteiger partial charge is 0.0836 e. The lowest BCUT2D eigenvalue weighted by atomic mass is 9.94. The Hall–Kier alpha value is -0.0800. The fraction of sp³-hybridized carbons (Fsp3) is 1.00. The highest BCUT2D eigenvalue weighted by Crippen LogP contribution is 2.24. The molecule has 1 aliphatic carbocycles. The molecule has 0 spiro atoms. The van der Waals surface area contributed by atoms with Crippen LogP contribution in [0.15, 0.2) is 0 Å². The second-order valence-electron chi connectivity index (χ2n) is 4.81. The summed E-state index contributed by atoms with van der Waals surface area (Å²) in [7, 11) is 0. The van der Waals surface area contributed by atoms with Gasteiger partial charge in [-0.15, -0.1) is 0 Å². The summed E-state index contributed by atoms with van der Waals surface area (Å²) in [5, 5.41) is 0. The van der Waals surface area contributed by atoms with E-state index < -0.39 is 0 Å². The quantitative estimate of drug-likeness (QED) is 0.586. The predicted molar refractivity (Wildman–Crippen MR) is 67.8 cm³/mol. The van der Waals surface area contributed by atoms with Gasteiger partial charge in [-0.3, -0.25) is 0 Å². The molecule has 16 heavy (non-hydrogen) atoms. The molecule has 2 heteroatoms. The van der Waals surface area contributed by atoms with Crippen molar-refractivity contribution in [3.63, 3.8) is 0 Å². The van der Waals surface area contributed by atoms with Crippen molar-refractivity contribution in [1.82, 2.24) is 0 Å². The van der Waals surface area contributed by atoms with E-state index >= 15 is 0 Å². The van der Waals surface area contributed by atoms with Crippen molar-refractivity contribution < 1.29 is 9.47 Å². The summed E-state index contributed by atoms with van der Waals surface area (Å²) >= 11 is 0. The average molecular weight is 228 g/mol. The van der Waals surface area contributed by atoms with Crippen LogP contribution in [0.5, 0.6) is 0 Å². The number of unbranched alkanes of at least 4 members (excludes halogenated alkanes) is 2. The van der Waals surface area contributed by atoms with Crippen LogP contribution in [-0.4, -0.2) is 25.4 Å². The SMILES string of the molecule is CCCCO[C@@H]1CCCC[C@H]1OCCCC. The molecule has 0 unspecified atom stereocenters. The summed E-state index contributed by atoms with van der Waals surface area (Å²) in [5.41, 5.74) is 0. The largest absolute Gasteiger partial charge is 0.376 e. The summed E-state index contributed by atoms with van der Waals surface area (Å²) in [6.07, 6.45) is 10.5. The molecule has 0 amide bonds. The summed E-state index contributed by atoms with van der Waals surface area (Å²) in [4.78, 5) is 0. The van der Waals surface area contributed by atoms with E-state index in [1.54, 1.807) is 0 Å². The van der Waals surface area contributed by atoms with Gasteiger partial charge in [-0.1, -0.05) is 39.5 Å². The summed E-state index contributed by atoms with van der Waals surface area (Å²) < 4.78 is 11.9. The molecule has 0 saturated heterocycles. The molecule has 1 aliphatic rings. The van der Waals surface area contributed by atoms with Crippen LogP contribution in [0.4, 0.5) is 0 Å². The first-order valence-corrected chi connectivity index (χ1v) is 7.11. The molecule has 96 valence electrons. The van der Waals surface area contributed by atoms with Crippen molar-refractivity contribution in [1.29, 1.82) is 0 Å². The zero-order chi connectivity index (χ0) is 11.6. The molecular weight excluding hydrogens is 200 g/mol.